The third kappa shape index (κ3) is 2.31. The summed E-state index contributed by atoms with van der Waals surface area (Å²) in [7, 11) is 0. The maximum atomic E-state index is 13.0. The van der Waals surface area contributed by atoms with Crippen LogP contribution in [0.1, 0.15) is 33.3 Å². The number of aromatic nitrogens is 3. The molecule has 0 unspecified atom stereocenters. The quantitative estimate of drug-likeness (QED) is 0.562. The third-order valence-corrected chi connectivity index (χ3v) is 5.85. The zero-order valence-electron chi connectivity index (χ0n) is 14.5. The van der Waals surface area contributed by atoms with E-state index in [0.717, 1.165) is 50.7 Å². The van der Waals surface area contributed by atoms with Crippen LogP contribution >= 0.6 is 11.3 Å². The Hall–Kier alpha value is -2.80. The summed E-state index contributed by atoms with van der Waals surface area (Å²) in [5, 5.41) is 9.67. The van der Waals surface area contributed by atoms with Gasteiger partial charge in [0.15, 0.2) is 0 Å². The average Bonchev–Trinajstić information content (AvgIpc) is 3.36. The van der Waals surface area contributed by atoms with E-state index in [1.165, 1.54) is 0 Å². The van der Waals surface area contributed by atoms with E-state index >= 15 is 0 Å². The lowest BCUT2D eigenvalue weighted by molar-refractivity contribution is 0.0729. The van der Waals surface area contributed by atoms with Crippen LogP contribution in [0.3, 0.4) is 0 Å². The average molecular weight is 366 g/mol. The molecule has 7 heteroatoms. The highest BCUT2D eigenvalue weighted by molar-refractivity contribution is 7.17. The Kier molecular flexibility index (Phi) is 3.33. The van der Waals surface area contributed by atoms with Gasteiger partial charge in [-0.1, -0.05) is 0 Å². The Labute approximate surface area is 153 Å². The molecule has 5 heterocycles. The first kappa shape index (κ1) is 15.5. The summed E-state index contributed by atoms with van der Waals surface area (Å²) in [4.78, 5) is 18.1. The lowest BCUT2D eigenvalue weighted by atomic mass is 10.0. The summed E-state index contributed by atoms with van der Waals surface area (Å²) in [6.07, 6.45) is 0.777. The number of furan rings is 1. The summed E-state index contributed by atoms with van der Waals surface area (Å²) in [6, 6.07) is 5.95. The molecule has 132 valence electrons. The van der Waals surface area contributed by atoms with Crippen molar-refractivity contribution in [3.63, 3.8) is 0 Å². The molecule has 0 spiro atoms. The van der Waals surface area contributed by atoms with Gasteiger partial charge in [-0.05, 0) is 37.4 Å². The number of hydrogen-bond donors (Lipinski definition) is 2. The number of carbonyl (C=O) groups is 1. The minimum Gasteiger partial charge on any atom is -0.466 e. The minimum atomic E-state index is 0.0336. The van der Waals surface area contributed by atoms with E-state index in [2.05, 4.69) is 15.2 Å². The minimum absolute atomic E-state index is 0.0336. The molecule has 5 rings (SSSR count). The fourth-order valence-electron chi connectivity index (χ4n) is 3.69. The Morgan fingerprint density at radius 1 is 1.35 bits per heavy atom. The van der Waals surface area contributed by atoms with E-state index in [-0.39, 0.29) is 5.91 Å². The van der Waals surface area contributed by atoms with E-state index in [0.29, 0.717) is 18.8 Å². The number of amides is 1. The molecule has 0 radical (unpaired) electrons. The Morgan fingerprint density at radius 3 is 3.00 bits per heavy atom. The van der Waals surface area contributed by atoms with Gasteiger partial charge < -0.3 is 14.3 Å². The van der Waals surface area contributed by atoms with Gasteiger partial charge in [-0.3, -0.25) is 9.89 Å². The third-order valence-electron chi connectivity index (χ3n) is 4.99. The molecule has 4 aromatic heterocycles. The first-order valence-electron chi connectivity index (χ1n) is 8.59. The molecular formula is C19H18N4O2S. The molecule has 1 aliphatic heterocycles. The molecule has 0 atom stereocenters. The van der Waals surface area contributed by atoms with Crippen LogP contribution < -0.4 is 0 Å². The van der Waals surface area contributed by atoms with Crippen molar-refractivity contribution in [2.24, 2.45) is 0 Å². The first-order valence-corrected chi connectivity index (χ1v) is 9.47. The van der Waals surface area contributed by atoms with Crippen LogP contribution in [-0.4, -0.2) is 32.5 Å². The van der Waals surface area contributed by atoms with Crippen molar-refractivity contribution in [2.75, 3.05) is 6.54 Å². The molecule has 1 amide bonds. The van der Waals surface area contributed by atoms with Crippen LogP contribution in [0.25, 0.3) is 21.5 Å². The van der Waals surface area contributed by atoms with Crippen molar-refractivity contribution >= 4 is 27.5 Å². The van der Waals surface area contributed by atoms with Gasteiger partial charge in [0.1, 0.15) is 22.9 Å². The van der Waals surface area contributed by atoms with Gasteiger partial charge in [-0.25, -0.2) is 0 Å². The second-order valence-electron chi connectivity index (χ2n) is 6.71. The predicted octanol–water partition coefficient (Wildman–Crippen LogP) is 4.03. The summed E-state index contributed by atoms with van der Waals surface area (Å²) in [5.74, 6) is 1.75. The molecule has 4 aromatic rings. The topological polar surface area (TPSA) is 77.9 Å². The highest BCUT2D eigenvalue weighted by atomic mass is 32.1. The standard InChI is InChI=1S/C19H18N4O2S/c1-10-7-12(11(2)25-10)18-13-9-23(5-3-14(13)21-22-18)19(24)16-8-17-15(20-16)4-6-26-17/h4,6-8,20H,3,5,9H2,1-2H3,(H,21,22). The largest absolute Gasteiger partial charge is 0.466 e. The number of aryl methyl sites for hydroxylation is 2. The fourth-order valence-corrected chi connectivity index (χ4v) is 4.47. The van der Waals surface area contributed by atoms with Crippen LogP contribution in [0.2, 0.25) is 0 Å². The van der Waals surface area contributed by atoms with Crippen LogP contribution in [0.4, 0.5) is 0 Å². The Balaban J connectivity index is 1.47. The molecular weight excluding hydrogens is 348 g/mol. The Bertz CT molecular complexity index is 1100. The number of aromatic amines is 2. The second kappa shape index (κ2) is 5.60. The van der Waals surface area contributed by atoms with Crippen LogP contribution in [0.5, 0.6) is 0 Å². The SMILES string of the molecule is Cc1cc(-c2n[nH]c3c2CN(C(=O)c2cc4sccc4[nH]2)CC3)c(C)o1. The Morgan fingerprint density at radius 2 is 2.23 bits per heavy atom. The van der Waals surface area contributed by atoms with Crippen molar-refractivity contribution < 1.29 is 9.21 Å². The number of hydrogen-bond acceptors (Lipinski definition) is 4. The highest BCUT2D eigenvalue weighted by Gasteiger charge is 2.28. The molecule has 0 fully saturated rings. The number of rotatable bonds is 2. The summed E-state index contributed by atoms with van der Waals surface area (Å²) < 4.78 is 6.77. The summed E-state index contributed by atoms with van der Waals surface area (Å²) in [6.45, 7) is 5.11. The molecule has 1 aliphatic rings. The lowest BCUT2D eigenvalue weighted by Crippen LogP contribution is -2.36. The maximum absolute atomic E-state index is 13.0. The molecule has 0 bridgehead atoms. The molecule has 6 nitrogen and oxygen atoms in total. The van der Waals surface area contributed by atoms with E-state index in [1.807, 2.05) is 42.3 Å². The van der Waals surface area contributed by atoms with E-state index in [1.54, 1.807) is 11.3 Å². The molecule has 0 aliphatic carbocycles. The van der Waals surface area contributed by atoms with Gasteiger partial charge in [-0.2, -0.15) is 5.10 Å². The van der Waals surface area contributed by atoms with Gasteiger partial charge in [0.05, 0.1) is 16.8 Å². The van der Waals surface area contributed by atoms with E-state index in [4.69, 9.17) is 4.42 Å². The zero-order valence-corrected chi connectivity index (χ0v) is 15.4. The fraction of sp³-hybridized carbons (Fsp3) is 0.263. The van der Waals surface area contributed by atoms with Gasteiger partial charge >= 0.3 is 0 Å². The van der Waals surface area contributed by atoms with Crippen LogP contribution in [-0.2, 0) is 13.0 Å². The number of H-pyrrole nitrogens is 2. The van der Waals surface area contributed by atoms with Crippen molar-refractivity contribution in [3.8, 4) is 11.3 Å². The van der Waals surface area contributed by atoms with Crippen LogP contribution in [0, 0.1) is 13.8 Å². The molecule has 26 heavy (non-hydrogen) atoms. The van der Waals surface area contributed by atoms with Crippen molar-refractivity contribution in [1.82, 2.24) is 20.1 Å². The van der Waals surface area contributed by atoms with Gasteiger partial charge in [-0.15, -0.1) is 11.3 Å². The molecule has 0 saturated carbocycles. The van der Waals surface area contributed by atoms with Gasteiger partial charge in [0.25, 0.3) is 5.91 Å². The van der Waals surface area contributed by atoms with Crippen LogP contribution in [0.15, 0.2) is 28.0 Å². The number of nitrogens with zero attached hydrogens (tertiary/aromatic N) is 2. The lowest BCUT2D eigenvalue weighted by Gasteiger charge is -2.26. The normalized spacial score (nSPS) is 14.2. The molecule has 2 N–H and O–H groups in total. The first-order chi connectivity index (χ1) is 12.6. The number of carbonyl (C=O) groups excluding carboxylic acids is 1. The monoisotopic (exact) mass is 366 g/mol. The smallest absolute Gasteiger partial charge is 0.270 e. The highest BCUT2D eigenvalue weighted by Crippen LogP contribution is 2.32. The van der Waals surface area contributed by atoms with Crippen molar-refractivity contribution in [1.29, 1.82) is 0 Å². The van der Waals surface area contributed by atoms with E-state index < -0.39 is 0 Å². The van der Waals surface area contributed by atoms with E-state index in [9.17, 15) is 4.79 Å². The number of thiophene rings is 1. The number of fused-ring (bicyclic) bond motifs is 2. The number of nitrogens with one attached hydrogen (secondary N) is 2. The van der Waals surface area contributed by atoms with Crippen molar-refractivity contribution in [3.05, 3.63) is 52.1 Å². The maximum Gasteiger partial charge on any atom is 0.270 e. The van der Waals surface area contributed by atoms with Gasteiger partial charge in [0, 0.05) is 29.8 Å². The van der Waals surface area contributed by atoms with Gasteiger partial charge in [0.2, 0.25) is 0 Å². The second-order valence-corrected chi connectivity index (χ2v) is 7.66. The molecule has 0 saturated heterocycles. The zero-order chi connectivity index (χ0) is 17.8. The summed E-state index contributed by atoms with van der Waals surface area (Å²) >= 11 is 1.64. The summed E-state index contributed by atoms with van der Waals surface area (Å²) in [5.41, 5.74) is 5.74. The van der Waals surface area contributed by atoms with Crippen molar-refractivity contribution in [2.45, 2.75) is 26.8 Å². The molecule has 0 aromatic carbocycles. The predicted molar refractivity (Wildman–Crippen MR) is 100 cm³/mol.